The summed E-state index contributed by atoms with van der Waals surface area (Å²) in [4.78, 5) is 10.7. The van der Waals surface area contributed by atoms with Crippen molar-refractivity contribution in [3.05, 3.63) is 12.7 Å². The van der Waals surface area contributed by atoms with Crippen molar-refractivity contribution < 1.29 is 9.53 Å². The maximum Gasteiger partial charge on any atom is 0.323 e. The lowest BCUT2D eigenvalue weighted by Crippen LogP contribution is -2.36. The Morgan fingerprint density at radius 3 is 2.60 bits per heavy atom. The van der Waals surface area contributed by atoms with Crippen molar-refractivity contribution in [2.24, 2.45) is 11.7 Å². The Hall–Kier alpha value is -0.830. The van der Waals surface area contributed by atoms with E-state index in [0.717, 1.165) is 0 Å². The monoisotopic (exact) mass is 143 g/mol. The fourth-order valence-corrected chi connectivity index (χ4v) is 0.497. The number of hydrogen-bond acceptors (Lipinski definition) is 3. The standard InChI is InChI=1S/C7H13NO2/c1-4-5(2)6(8)7(9)10-3/h4-6H,1,8H2,2-3H3/t5-,6-/m0/s1. The average Bonchev–Trinajstić information content (AvgIpc) is 2.00. The SMILES string of the molecule is C=C[C@H](C)[C@H](N)C(=O)OC. The normalized spacial score (nSPS) is 15.5. The van der Waals surface area contributed by atoms with E-state index < -0.39 is 12.0 Å². The van der Waals surface area contributed by atoms with Gasteiger partial charge in [0.05, 0.1) is 7.11 Å². The van der Waals surface area contributed by atoms with Gasteiger partial charge in [-0.05, 0) is 5.92 Å². The summed E-state index contributed by atoms with van der Waals surface area (Å²) < 4.78 is 4.42. The number of rotatable bonds is 3. The Bertz CT molecular complexity index is 134. The third kappa shape index (κ3) is 2.19. The predicted molar refractivity (Wildman–Crippen MR) is 39.4 cm³/mol. The summed E-state index contributed by atoms with van der Waals surface area (Å²) in [6.45, 7) is 5.32. The molecule has 0 unspecified atom stereocenters. The van der Waals surface area contributed by atoms with E-state index in [2.05, 4.69) is 11.3 Å². The van der Waals surface area contributed by atoms with Gasteiger partial charge in [0.15, 0.2) is 0 Å². The van der Waals surface area contributed by atoms with Crippen LogP contribution in [0.4, 0.5) is 0 Å². The van der Waals surface area contributed by atoms with Gasteiger partial charge in [-0.2, -0.15) is 0 Å². The summed E-state index contributed by atoms with van der Waals surface area (Å²) in [5, 5.41) is 0. The first-order chi connectivity index (χ1) is 4.63. The first-order valence-electron chi connectivity index (χ1n) is 3.09. The maximum absolute atomic E-state index is 10.7. The third-order valence-electron chi connectivity index (χ3n) is 1.41. The Morgan fingerprint density at radius 2 is 2.30 bits per heavy atom. The summed E-state index contributed by atoms with van der Waals surface area (Å²) in [6.07, 6.45) is 1.63. The number of carbonyl (C=O) groups is 1. The van der Waals surface area contributed by atoms with Gasteiger partial charge in [0.2, 0.25) is 0 Å². The third-order valence-corrected chi connectivity index (χ3v) is 1.41. The number of methoxy groups -OCH3 is 1. The molecule has 0 aliphatic heterocycles. The largest absolute Gasteiger partial charge is 0.468 e. The van der Waals surface area contributed by atoms with Gasteiger partial charge in [-0.15, -0.1) is 6.58 Å². The lowest BCUT2D eigenvalue weighted by Gasteiger charge is -2.12. The Balaban J connectivity index is 3.93. The molecule has 0 aromatic rings. The summed E-state index contributed by atoms with van der Waals surface area (Å²) >= 11 is 0. The summed E-state index contributed by atoms with van der Waals surface area (Å²) in [5.41, 5.74) is 5.44. The lowest BCUT2D eigenvalue weighted by molar-refractivity contribution is -0.142. The highest BCUT2D eigenvalue weighted by Crippen LogP contribution is 2.01. The molecule has 2 atom stereocenters. The summed E-state index contributed by atoms with van der Waals surface area (Å²) in [7, 11) is 1.32. The zero-order valence-electron chi connectivity index (χ0n) is 6.33. The number of ether oxygens (including phenoxy) is 1. The van der Waals surface area contributed by atoms with Gasteiger partial charge in [0, 0.05) is 0 Å². The summed E-state index contributed by atoms with van der Waals surface area (Å²) in [6, 6.07) is -0.581. The fourth-order valence-electron chi connectivity index (χ4n) is 0.497. The molecule has 0 saturated heterocycles. The van der Waals surface area contributed by atoms with E-state index in [1.54, 1.807) is 6.08 Å². The van der Waals surface area contributed by atoms with E-state index >= 15 is 0 Å². The molecule has 0 bridgehead atoms. The summed E-state index contributed by atoms with van der Waals surface area (Å²) in [5.74, 6) is -0.431. The second-order valence-corrected chi connectivity index (χ2v) is 2.14. The molecule has 58 valence electrons. The molecular weight excluding hydrogens is 130 g/mol. The topological polar surface area (TPSA) is 52.3 Å². The van der Waals surface area contributed by atoms with Crippen LogP contribution in [0.5, 0.6) is 0 Å². The van der Waals surface area contributed by atoms with Crippen molar-refractivity contribution in [3.63, 3.8) is 0 Å². The molecule has 3 nitrogen and oxygen atoms in total. The van der Waals surface area contributed by atoms with E-state index in [9.17, 15) is 4.79 Å². The zero-order chi connectivity index (χ0) is 8.15. The molecule has 0 aliphatic carbocycles. The van der Waals surface area contributed by atoms with Gasteiger partial charge in [-0.25, -0.2) is 0 Å². The minimum absolute atomic E-state index is 0.0348. The van der Waals surface area contributed by atoms with Gasteiger partial charge >= 0.3 is 5.97 Å². The van der Waals surface area contributed by atoms with Crippen LogP contribution in [0.15, 0.2) is 12.7 Å². The quantitative estimate of drug-likeness (QED) is 0.457. The van der Waals surface area contributed by atoms with Crippen molar-refractivity contribution in [2.75, 3.05) is 7.11 Å². The molecule has 0 rings (SSSR count). The van der Waals surface area contributed by atoms with Crippen molar-refractivity contribution >= 4 is 5.97 Å². The molecule has 0 aliphatic rings. The molecule has 2 N–H and O–H groups in total. The first kappa shape index (κ1) is 9.17. The fraction of sp³-hybridized carbons (Fsp3) is 0.571. The van der Waals surface area contributed by atoms with Crippen molar-refractivity contribution in [2.45, 2.75) is 13.0 Å². The van der Waals surface area contributed by atoms with Crippen LogP contribution in [0.3, 0.4) is 0 Å². The number of nitrogens with two attached hydrogens (primary N) is 1. The van der Waals surface area contributed by atoms with Crippen molar-refractivity contribution in [1.29, 1.82) is 0 Å². The van der Waals surface area contributed by atoms with Crippen LogP contribution in [0.2, 0.25) is 0 Å². The highest BCUT2D eigenvalue weighted by Gasteiger charge is 2.18. The van der Waals surface area contributed by atoms with Gasteiger partial charge in [-0.1, -0.05) is 13.0 Å². The van der Waals surface area contributed by atoms with Crippen LogP contribution in [0, 0.1) is 5.92 Å². The minimum Gasteiger partial charge on any atom is -0.468 e. The second-order valence-electron chi connectivity index (χ2n) is 2.14. The molecule has 0 heterocycles. The van der Waals surface area contributed by atoms with E-state index in [0.29, 0.717) is 0 Å². The molecule has 0 radical (unpaired) electrons. The molecule has 10 heavy (non-hydrogen) atoms. The zero-order valence-corrected chi connectivity index (χ0v) is 6.33. The Labute approximate surface area is 60.9 Å². The molecule has 0 aromatic heterocycles. The Kier molecular flexibility index (Phi) is 3.72. The molecule has 0 fully saturated rings. The molecule has 0 amide bonds. The van der Waals surface area contributed by atoms with Crippen LogP contribution < -0.4 is 5.73 Å². The first-order valence-corrected chi connectivity index (χ1v) is 3.09. The minimum atomic E-state index is -0.581. The van der Waals surface area contributed by atoms with Gasteiger partial charge < -0.3 is 10.5 Å². The molecule has 0 saturated carbocycles. The van der Waals surface area contributed by atoms with Crippen LogP contribution in [0.25, 0.3) is 0 Å². The van der Waals surface area contributed by atoms with Gasteiger partial charge in [0.1, 0.15) is 6.04 Å². The van der Waals surface area contributed by atoms with E-state index in [4.69, 9.17) is 5.73 Å². The molecular formula is C7H13NO2. The molecule has 0 spiro atoms. The van der Waals surface area contributed by atoms with Crippen LogP contribution in [-0.4, -0.2) is 19.1 Å². The molecule has 0 aromatic carbocycles. The smallest absolute Gasteiger partial charge is 0.323 e. The highest BCUT2D eigenvalue weighted by atomic mass is 16.5. The average molecular weight is 143 g/mol. The lowest BCUT2D eigenvalue weighted by atomic mass is 10.0. The number of carbonyl (C=O) groups excluding carboxylic acids is 1. The highest BCUT2D eigenvalue weighted by molar-refractivity contribution is 5.75. The Morgan fingerprint density at radius 1 is 1.80 bits per heavy atom. The van der Waals surface area contributed by atoms with E-state index in [1.807, 2.05) is 6.92 Å². The second kappa shape index (κ2) is 4.06. The van der Waals surface area contributed by atoms with Gasteiger partial charge in [0.25, 0.3) is 0 Å². The van der Waals surface area contributed by atoms with Gasteiger partial charge in [-0.3, -0.25) is 4.79 Å². The van der Waals surface area contributed by atoms with E-state index in [1.165, 1.54) is 7.11 Å². The number of esters is 1. The van der Waals surface area contributed by atoms with E-state index in [-0.39, 0.29) is 5.92 Å². The maximum atomic E-state index is 10.7. The van der Waals surface area contributed by atoms with Crippen molar-refractivity contribution in [3.8, 4) is 0 Å². The van der Waals surface area contributed by atoms with Crippen LogP contribution >= 0.6 is 0 Å². The molecule has 3 heteroatoms. The number of hydrogen-bond donors (Lipinski definition) is 1. The van der Waals surface area contributed by atoms with Crippen LogP contribution in [-0.2, 0) is 9.53 Å². The van der Waals surface area contributed by atoms with Crippen LogP contribution in [0.1, 0.15) is 6.92 Å². The van der Waals surface area contributed by atoms with Crippen molar-refractivity contribution in [1.82, 2.24) is 0 Å². The predicted octanol–water partition coefficient (Wildman–Crippen LogP) is 0.309.